The Morgan fingerprint density at radius 3 is 2.69 bits per heavy atom. The number of imidazole rings is 1. The van der Waals surface area contributed by atoms with Gasteiger partial charge in [0.2, 0.25) is 0 Å². The zero-order valence-corrected chi connectivity index (χ0v) is 18.7. The maximum absolute atomic E-state index is 12.9. The Morgan fingerprint density at radius 1 is 1.06 bits per heavy atom. The molecule has 0 unspecified atom stereocenters. The van der Waals surface area contributed by atoms with Gasteiger partial charge in [0.25, 0.3) is 5.91 Å². The number of aromatic nitrogens is 3. The van der Waals surface area contributed by atoms with Gasteiger partial charge in [0.1, 0.15) is 5.69 Å². The number of para-hydroxylation sites is 2. The molecule has 1 N–H and O–H groups in total. The molecule has 2 aromatic heterocycles. The molecule has 162 valence electrons. The number of carbonyl (C=O) groups is 2. The number of amides is 1. The van der Waals surface area contributed by atoms with Crippen LogP contribution in [0.4, 0.5) is 0 Å². The van der Waals surface area contributed by atoms with Crippen LogP contribution >= 0.6 is 11.8 Å². The Labute approximate surface area is 190 Å². The van der Waals surface area contributed by atoms with E-state index in [4.69, 9.17) is 4.98 Å². The van der Waals surface area contributed by atoms with Gasteiger partial charge >= 0.3 is 0 Å². The Morgan fingerprint density at radius 2 is 1.88 bits per heavy atom. The van der Waals surface area contributed by atoms with Crippen LogP contribution < -0.4 is 0 Å². The Balaban J connectivity index is 1.37. The smallest absolute Gasteiger partial charge is 0.270 e. The van der Waals surface area contributed by atoms with Crippen LogP contribution in [0.2, 0.25) is 0 Å². The van der Waals surface area contributed by atoms with Crippen LogP contribution in [0.1, 0.15) is 39.3 Å². The molecular weight excluding hydrogens is 420 g/mol. The lowest BCUT2D eigenvalue weighted by Crippen LogP contribution is -2.27. The molecule has 0 saturated carbocycles. The van der Waals surface area contributed by atoms with Gasteiger partial charge in [0, 0.05) is 30.5 Å². The monoisotopic (exact) mass is 444 g/mol. The molecule has 1 aliphatic heterocycles. The number of benzene rings is 2. The molecule has 6 nitrogen and oxygen atoms in total. The first kappa shape index (κ1) is 20.6. The fraction of sp³-hybridized carbons (Fsp3) is 0.240. The lowest BCUT2D eigenvalue weighted by Gasteiger charge is -2.13. The van der Waals surface area contributed by atoms with E-state index in [1.165, 1.54) is 11.8 Å². The standard InChI is InChI=1S/C25H24N4O2S/c1-17-7-6-8-19(13-17)29-22-10-3-2-9-20(22)27-25(29)32-16-23(30)18-14-21(26-15-18)24(31)28-11-4-5-12-28/h2-3,6-10,13-15,26H,4-5,11-12,16H2,1H3. The van der Waals surface area contributed by atoms with E-state index in [-0.39, 0.29) is 17.4 Å². The van der Waals surface area contributed by atoms with Gasteiger partial charge in [0.05, 0.1) is 16.8 Å². The topological polar surface area (TPSA) is 71.0 Å². The van der Waals surface area contributed by atoms with Gasteiger partial charge < -0.3 is 9.88 Å². The maximum Gasteiger partial charge on any atom is 0.270 e. The van der Waals surface area contributed by atoms with Crippen molar-refractivity contribution in [1.82, 2.24) is 19.4 Å². The molecule has 0 atom stereocenters. The van der Waals surface area contributed by atoms with E-state index in [9.17, 15) is 9.59 Å². The van der Waals surface area contributed by atoms with Gasteiger partial charge in [-0.15, -0.1) is 0 Å². The van der Waals surface area contributed by atoms with E-state index in [0.29, 0.717) is 11.3 Å². The lowest BCUT2D eigenvalue weighted by atomic mass is 10.2. The van der Waals surface area contributed by atoms with Crippen LogP contribution in [0.25, 0.3) is 16.7 Å². The molecule has 0 radical (unpaired) electrons. The number of H-pyrrole nitrogens is 1. The van der Waals surface area contributed by atoms with E-state index >= 15 is 0 Å². The van der Waals surface area contributed by atoms with Crippen molar-refractivity contribution >= 4 is 34.5 Å². The van der Waals surface area contributed by atoms with Crippen LogP contribution in [0.5, 0.6) is 0 Å². The molecule has 1 aliphatic rings. The Hall–Kier alpha value is -3.32. The predicted octanol–water partition coefficient (Wildman–Crippen LogP) is 4.87. The highest BCUT2D eigenvalue weighted by Crippen LogP contribution is 2.29. The highest BCUT2D eigenvalue weighted by Gasteiger charge is 2.22. The van der Waals surface area contributed by atoms with Gasteiger partial charge in [-0.3, -0.25) is 14.2 Å². The summed E-state index contributed by atoms with van der Waals surface area (Å²) in [6, 6.07) is 17.9. The lowest BCUT2D eigenvalue weighted by molar-refractivity contribution is 0.0787. The van der Waals surface area contributed by atoms with Crippen LogP contribution in [0.3, 0.4) is 0 Å². The second-order valence-corrected chi connectivity index (χ2v) is 9.01. The quantitative estimate of drug-likeness (QED) is 0.340. The number of nitrogens with one attached hydrogen (secondary N) is 1. The molecular formula is C25H24N4O2S. The minimum Gasteiger partial charge on any atom is -0.356 e. The number of nitrogens with zero attached hydrogens (tertiary/aromatic N) is 3. The third-order valence-electron chi connectivity index (χ3n) is 5.75. The highest BCUT2D eigenvalue weighted by atomic mass is 32.2. The summed E-state index contributed by atoms with van der Waals surface area (Å²) in [4.78, 5) is 35.0. The van der Waals surface area contributed by atoms with Crippen molar-refractivity contribution in [3.63, 3.8) is 0 Å². The van der Waals surface area contributed by atoms with Crippen molar-refractivity contribution in [3.05, 3.63) is 77.6 Å². The van der Waals surface area contributed by atoms with Crippen molar-refractivity contribution in [2.24, 2.45) is 0 Å². The van der Waals surface area contributed by atoms with E-state index in [1.54, 1.807) is 12.3 Å². The highest BCUT2D eigenvalue weighted by molar-refractivity contribution is 7.99. The number of ketones is 1. The zero-order chi connectivity index (χ0) is 22.1. The third kappa shape index (κ3) is 3.96. The van der Waals surface area contributed by atoms with Gasteiger partial charge in [-0.2, -0.15) is 0 Å². The third-order valence-corrected chi connectivity index (χ3v) is 6.69. The first-order chi connectivity index (χ1) is 15.6. The summed E-state index contributed by atoms with van der Waals surface area (Å²) in [7, 11) is 0. The van der Waals surface area contributed by atoms with Crippen LogP contribution in [0.15, 0.2) is 66.0 Å². The molecule has 0 spiro atoms. The van der Waals surface area contributed by atoms with Gasteiger partial charge in [-0.1, -0.05) is 36.0 Å². The SMILES string of the molecule is Cc1cccc(-n2c(SCC(=O)c3c[nH]c(C(=O)N4CCCC4)c3)nc3ccccc32)c1. The normalized spacial score (nSPS) is 13.7. The first-order valence-corrected chi connectivity index (χ1v) is 11.8. The zero-order valence-electron chi connectivity index (χ0n) is 17.9. The van der Waals surface area contributed by atoms with E-state index < -0.39 is 0 Å². The van der Waals surface area contributed by atoms with Crippen molar-refractivity contribution in [2.45, 2.75) is 24.9 Å². The van der Waals surface area contributed by atoms with Crippen molar-refractivity contribution < 1.29 is 9.59 Å². The van der Waals surface area contributed by atoms with E-state index in [2.05, 4.69) is 34.7 Å². The molecule has 4 aromatic rings. The Kier molecular flexibility index (Phi) is 5.57. The van der Waals surface area contributed by atoms with Crippen LogP contribution in [-0.2, 0) is 0 Å². The summed E-state index contributed by atoms with van der Waals surface area (Å²) >= 11 is 1.41. The maximum atomic E-state index is 12.9. The number of fused-ring (bicyclic) bond motifs is 1. The summed E-state index contributed by atoms with van der Waals surface area (Å²) in [6.07, 6.45) is 3.71. The molecule has 0 bridgehead atoms. The minimum atomic E-state index is -0.0328. The molecule has 7 heteroatoms. The second-order valence-electron chi connectivity index (χ2n) is 8.07. The Bertz CT molecular complexity index is 1300. The molecule has 32 heavy (non-hydrogen) atoms. The number of rotatable bonds is 6. The summed E-state index contributed by atoms with van der Waals surface area (Å²) in [6.45, 7) is 3.63. The van der Waals surface area contributed by atoms with Crippen molar-refractivity contribution in [1.29, 1.82) is 0 Å². The molecule has 1 saturated heterocycles. The minimum absolute atomic E-state index is 0.0320. The first-order valence-electron chi connectivity index (χ1n) is 10.8. The molecule has 2 aromatic carbocycles. The fourth-order valence-corrected chi connectivity index (χ4v) is 5.02. The average Bonchev–Trinajstić information content (AvgIpc) is 3.56. The van der Waals surface area contributed by atoms with E-state index in [1.807, 2.05) is 35.2 Å². The number of aromatic amines is 1. The molecule has 1 amide bonds. The number of hydrogen-bond acceptors (Lipinski definition) is 4. The summed E-state index contributed by atoms with van der Waals surface area (Å²) in [5.41, 5.74) is 5.09. The number of carbonyl (C=O) groups excluding carboxylic acids is 2. The number of thioether (sulfide) groups is 1. The summed E-state index contributed by atoms with van der Waals surface area (Å²) in [5.74, 6) is 0.176. The largest absolute Gasteiger partial charge is 0.356 e. The van der Waals surface area contributed by atoms with Crippen molar-refractivity contribution in [2.75, 3.05) is 18.8 Å². The second kappa shape index (κ2) is 8.67. The number of Topliss-reactive ketones (excluding diaryl/α,β-unsaturated/α-hetero) is 1. The number of aryl methyl sites for hydroxylation is 1. The average molecular weight is 445 g/mol. The summed E-state index contributed by atoms with van der Waals surface area (Å²) < 4.78 is 2.10. The van der Waals surface area contributed by atoms with Gasteiger partial charge in [-0.25, -0.2) is 4.98 Å². The van der Waals surface area contributed by atoms with E-state index in [0.717, 1.165) is 53.4 Å². The van der Waals surface area contributed by atoms with Gasteiger partial charge in [-0.05, 0) is 55.7 Å². The molecule has 5 rings (SSSR count). The van der Waals surface area contributed by atoms with Crippen LogP contribution in [0, 0.1) is 6.92 Å². The predicted molar refractivity (Wildman–Crippen MR) is 127 cm³/mol. The van der Waals surface area contributed by atoms with Crippen LogP contribution in [-0.4, -0.2) is 50.0 Å². The van der Waals surface area contributed by atoms with Crippen molar-refractivity contribution in [3.8, 4) is 5.69 Å². The summed E-state index contributed by atoms with van der Waals surface area (Å²) in [5, 5.41) is 0.772. The number of likely N-dealkylation sites (tertiary alicyclic amines) is 1. The fourth-order valence-electron chi connectivity index (χ4n) is 4.10. The molecule has 3 heterocycles. The molecule has 0 aliphatic carbocycles. The van der Waals surface area contributed by atoms with Gasteiger partial charge in [0.15, 0.2) is 10.9 Å². The number of hydrogen-bond donors (Lipinski definition) is 1. The molecule has 1 fully saturated rings.